The number of aryl methyl sites for hydroxylation is 2. The number of aromatic nitrogens is 2. The molecule has 4 nitrogen and oxygen atoms in total. The lowest BCUT2D eigenvalue weighted by Crippen LogP contribution is -2.26. The molecule has 0 amide bonds. The molecule has 0 radical (unpaired) electrons. The molecule has 1 aromatic rings. The number of methoxy groups -OCH3 is 1. The Hall–Kier alpha value is -0.580. The topological polar surface area (TPSA) is 39.1 Å². The van der Waals surface area contributed by atoms with Crippen LogP contribution in [0.25, 0.3) is 0 Å². The van der Waals surface area contributed by atoms with Crippen molar-refractivity contribution in [3.05, 3.63) is 16.4 Å². The largest absolute Gasteiger partial charge is 0.380 e. The van der Waals surface area contributed by atoms with Crippen LogP contribution in [0.15, 0.2) is 0 Å². The molecule has 1 rings (SSSR count). The minimum Gasteiger partial charge on any atom is -0.380 e. The highest BCUT2D eigenvalue weighted by Crippen LogP contribution is 2.21. The van der Waals surface area contributed by atoms with Gasteiger partial charge >= 0.3 is 0 Å². The Kier molecular flexibility index (Phi) is 5.95. The Morgan fingerprint density at radius 1 is 1.47 bits per heavy atom. The van der Waals surface area contributed by atoms with E-state index in [4.69, 9.17) is 16.3 Å². The average molecular weight is 260 g/mol. The van der Waals surface area contributed by atoms with Gasteiger partial charge < -0.3 is 10.1 Å². The second-order valence-corrected chi connectivity index (χ2v) is 4.43. The number of nitrogens with one attached hydrogen (secondary N) is 1. The molecule has 0 aliphatic rings. The van der Waals surface area contributed by atoms with Crippen molar-refractivity contribution in [3.63, 3.8) is 0 Å². The van der Waals surface area contributed by atoms with E-state index in [1.54, 1.807) is 7.11 Å². The fraction of sp³-hybridized carbons (Fsp3) is 0.750. The van der Waals surface area contributed by atoms with Gasteiger partial charge in [0.05, 0.1) is 22.5 Å². The first-order valence-electron chi connectivity index (χ1n) is 6.11. The monoisotopic (exact) mass is 259 g/mol. The van der Waals surface area contributed by atoms with Gasteiger partial charge in [-0.25, -0.2) is 0 Å². The number of rotatable bonds is 7. The Morgan fingerprint density at radius 3 is 2.71 bits per heavy atom. The molecule has 0 saturated carbocycles. The van der Waals surface area contributed by atoms with Crippen molar-refractivity contribution in [1.82, 2.24) is 15.1 Å². The summed E-state index contributed by atoms with van der Waals surface area (Å²) in [4.78, 5) is 0. The second-order valence-electron chi connectivity index (χ2n) is 4.05. The third-order valence-corrected chi connectivity index (χ3v) is 3.26. The van der Waals surface area contributed by atoms with Gasteiger partial charge in [0.1, 0.15) is 0 Å². The first kappa shape index (κ1) is 14.5. The van der Waals surface area contributed by atoms with Crippen molar-refractivity contribution in [2.75, 3.05) is 13.7 Å². The predicted molar refractivity (Wildman–Crippen MR) is 70.5 cm³/mol. The normalized spacial score (nSPS) is 13.0. The van der Waals surface area contributed by atoms with Gasteiger partial charge in [-0.3, -0.25) is 4.68 Å². The molecular weight excluding hydrogens is 238 g/mol. The lowest BCUT2D eigenvalue weighted by atomic mass is 10.3. The minimum absolute atomic E-state index is 0.206. The van der Waals surface area contributed by atoms with Crippen LogP contribution < -0.4 is 5.32 Å². The molecule has 1 aromatic heterocycles. The van der Waals surface area contributed by atoms with Crippen molar-refractivity contribution >= 4 is 11.6 Å². The predicted octanol–water partition coefficient (Wildman–Crippen LogP) is 2.24. The second kappa shape index (κ2) is 6.99. The van der Waals surface area contributed by atoms with Gasteiger partial charge in [-0.15, -0.1) is 0 Å². The van der Waals surface area contributed by atoms with Crippen LogP contribution in [0.1, 0.15) is 32.2 Å². The van der Waals surface area contributed by atoms with Crippen molar-refractivity contribution < 1.29 is 4.74 Å². The van der Waals surface area contributed by atoms with E-state index >= 15 is 0 Å². The summed E-state index contributed by atoms with van der Waals surface area (Å²) >= 11 is 6.30. The van der Waals surface area contributed by atoms with Crippen molar-refractivity contribution in [2.45, 2.75) is 46.4 Å². The van der Waals surface area contributed by atoms with Crippen LogP contribution >= 0.6 is 11.6 Å². The summed E-state index contributed by atoms with van der Waals surface area (Å²) in [5, 5.41) is 8.61. The fourth-order valence-corrected chi connectivity index (χ4v) is 2.00. The summed E-state index contributed by atoms with van der Waals surface area (Å²) in [7, 11) is 1.71. The molecule has 0 spiro atoms. The molecule has 5 heteroatoms. The molecule has 1 atom stereocenters. The van der Waals surface area contributed by atoms with Crippen LogP contribution in [0.4, 0.5) is 0 Å². The molecule has 17 heavy (non-hydrogen) atoms. The lowest BCUT2D eigenvalue weighted by Gasteiger charge is -2.11. The summed E-state index contributed by atoms with van der Waals surface area (Å²) in [5.74, 6) is 0. The number of ether oxygens (including phenoxy) is 1. The number of hydrogen-bond acceptors (Lipinski definition) is 3. The van der Waals surface area contributed by atoms with Gasteiger partial charge in [0.2, 0.25) is 0 Å². The highest BCUT2D eigenvalue weighted by atomic mass is 35.5. The first-order chi connectivity index (χ1) is 8.13. The summed E-state index contributed by atoms with van der Waals surface area (Å²) in [5.41, 5.74) is 2.04. The molecular formula is C12H22ClN3O. The van der Waals surface area contributed by atoms with E-state index in [9.17, 15) is 0 Å². The van der Waals surface area contributed by atoms with Gasteiger partial charge in [-0.05, 0) is 20.3 Å². The Morgan fingerprint density at radius 2 is 2.18 bits per heavy atom. The number of nitrogens with zero attached hydrogens (tertiary/aromatic N) is 2. The summed E-state index contributed by atoms with van der Waals surface area (Å²) in [6.45, 7) is 8.55. The molecule has 1 unspecified atom stereocenters. The quantitative estimate of drug-likeness (QED) is 0.816. The molecule has 0 bridgehead atoms. The number of halogens is 1. The van der Waals surface area contributed by atoms with E-state index in [1.165, 1.54) is 0 Å². The van der Waals surface area contributed by atoms with Gasteiger partial charge in [0, 0.05) is 26.7 Å². The smallest absolute Gasteiger partial charge is 0.0863 e. The van der Waals surface area contributed by atoms with Crippen LogP contribution in [0.2, 0.25) is 5.02 Å². The molecule has 0 aromatic carbocycles. The zero-order valence-electron chi connectivity index (χ0n) is 11.1. The zero-order chi connectivity index (χ0) is 12.8. The Bertz CT molecular complexity index is 352. The maximum Gasteiger partial charge on any atom is 0.0863 e. The van der Waals surface area contributed by atoms with Crippen LogP contribution in [-0.4, -0.2) is 29.5 Å². The molecule has 0 aliphatic heterocycles. The van der Waals surface area contributed by atoms with Crippen molar-refractivity contribution in [2.24, 2.45) is 0 Å². The highest BCUT2D eigenvalue weighted by Gasteiger charge is 2.13. The average Bonchev–Trinajstić information content (AvgIpc) is 2.65. The maximum absolute atomic E-state index is 6.30. The van der Waals surface area contributed by atoms with Gasteiger partial charge in [-0.1, -0.05) is 18.5 Å². The maximum atomic E-state index is 6.30. The highest BCUT2D eigenvalue weighted by molar-refractivity contribution is 6.31. The zero-order valence-corrected chi connectivity index (χ0v) is 11.8. The fourth-order valence-electron chi connectivity index (χ4n) is 1.66. The van der Waals surface area contributed by atoms with E-state index < -0.39 is 0 Å². The molecule has 1 heterocycles. The first-order valence-corrected chi connectivity index (χ1v) is 6.49. The molecule has 98 valence electrons. The van der Waals surface area contributed by atoms with Crippen LogP contribution in [0.5, 0.6) is 0 Å². The minimum atomic E-state index is 0.206. The van der Waals surface area contributed by atoms with E-state index in [0.29, 0.717) is 0 Å². The van der Waals surface area contributed by atoms with Crippen molar-refractivity contribution in [3.8, 4) is 0 Å². The standard InChI is InChI=1S/C12H22ClN3O/c1-5-10-12(13)11(16(6-2)15-10)8-14-7-9(3)17-4/h9,14H,5-8H2,1-4H3. The third kappa shape index (κ3) is 3.69. The molecule has 0 aliphatic carbocycles. The van der Waals surface area contributed by atoms with Crippen molar-refractivity contribution in [1.29, 1.82) is 0 Å². The van der Waals surface area contributed by atoms with Crippen LogP contribution in [0.3, 0.4) is 0 Å². The van der Waals surface area contributed by atoms with Gasteiger partial charge in [-0.2, -0.15) is 5.10 Å². The van der Waals surface area contributed by atoms with E-state index in [-0.39, 0.29) is 6.10 Å². The third-order valence-electron chi connectivity index (χ3n) is 2.82. The van der Waals surface area contributed by atoms with Crippen LogP contribution in [-0.2, 0) is 24.2 Å². The van der Waals surface area contributed by atoms with E-state index in [1.807, 2.05) is 11.6 Å². The summed E-state index contributed by atoms with van der Waals surface area (Å²) < 4.78 is 7.15. The number of hydrogen-bond donors (Lipinski definition) is 1. The molecule has 1 N–H and O–H groups in total. The lowest BCUT2D eigenvalue weighted by molar-refractivity contribution is 0.117. The SMILES string of the molecule is CCc1nn(CC)c(CNCC(C)OC)c1Cl. The van der Waals surface area contributed by atoms with Gasteiger partial charge in [0.15, 0.2) is 0 Å². The van der Waals surface area contributed by atoms with E-state index in [0.717, 1.165) is 42.5 Å². The summed E-state index contributed by atoms with van der Waals surface area (Å²) in [6.07, 6.45) is 1.07. The molecule has 0 saturated heterocycles. The summed E-state index contributed by atoms with van der Waals surface area (Å²) in [6, 6.07) is 0. The van der Waals surface area contributed by atoms with E-state index in [2.05, 4.69) is 24.3 Å². The van der Waals surface area contributed by atoms with Crippen LogP contribution in [0, 0.1) is 0 Å². The molecule has 0 fully saturated rings. The Labute approximate surface area is 108 Å². The van der Waals surface area contributed by atoms with Gasteiger partial charge in [0.25, 0.3) is 0 Å². The Balaban J connectivity index is 2.66.